The summed E-state index contributed by atoms with van der Waals surface area (Å²) in [6.07, 6.45) is 5.83. The van der Waals surface area contributed by atoms with Crippen LogP contribution in [0.3, 0.4) is 0 Å². The molecule has 2 nitrogen and oxygen atoms in total. The lowest BCUT2D eigenvalue weighted by Gasteiger charge is -2.32. The Kier molecular flexibility index (Phi) is 4.34. The van der Waals surface area contributed by atoms with Crippen molar-refractivity contribution in [3.8, 4) is 5.75 Å². The number of rotatable bonds is 6. The zero-order chi connectivity index (χ0) is 13.1. The number of para-hydroxylation sites is 1. The van der Waals surface area contributed by atoms with Crippen LogP contribution in [0.15, 0.2) is 29.2 Å². The maximum absolute atomic E-state index is 6.22. The fourth-order valence-electron chi connectivity index (χ4n) is 2.74. The summed E-state index contributed by atoms with van der Waals surface area (Å²) in [6, 6.07) is 8.91. The molecule has 0 aromatic heterocycles. The van der Waals surface area contributed by atoms with Gasteiger partial charge in [0.2, 0.25) is 0 Å². The second-order valence-electron chi connectivity index (χ2n) is 5.60. The largest absolute Gasteiger partial charge is 0.487 e. The van der Waals surface area contributed by atoms with Crippen LogP contribution in [0, 0.1) is 5.92 Å². The summed E-state index contributed by atoms with van der Waals surface area (Å²) < 4.78 is 6.22. The van der Waals surface area contributed by atoms with Crippen LogP contribution >= 0.6 is 11.8 Å². The summed E-state index contributed by atoms with van der Waals surface area (Å²) in [6.45, 7) is 3.22. The number of hydrogen-bond acceptors (Lipinski definition) is 3. The van der Waals surface area contributed by atoms with E-state index in [1.165, 1.54) is 30.6 Å². The van der Waals surface area contributed by atoms with Crippen molar-refractivity contribution in [1.29, 1.82) is 0 Å². The highest BCUT2D eigenvalue weighted by Gasteiger charge is 2.29. The zero-order valence-electron chi connectivity index (χ0n) is 11.6. The quantitative estimate of drug-likeness (QED) is 0.856. The van der Waals surface area contributed by atoms with E-state index in [0.717, 1.165) is 24.0 Å². The van der Waals surface area contributed by atoms with Crippen LogP contribution in [0.2, 0.25) is 0 Å². The predicted molar refractivity (Wildman–Crippen MR) is 81.0 cm³/mol. The first kappa shape index (κ1) is 13.3. The van der Waals surface area contributed by atoms with Crippen molar-refractivity contribution in [2.24, 2.45) is 5.92 Å². The average molecular weight is 277 g/mol. The minimum Gasteiger partial charge on any atom is -0.487 e. The van der Waals surface area contributed by atoms with Gasteiger partial charge in [0.15, 0.2) is 0 Å². The van der Waals surface area contributed by atoms with Crippen molar-refractivity contribution in [3.63, 3.8) is 0 Å². The summed E-state index contributed by atoms with van der Waals surface area (Å²) in [7, 11) is 0. The van der Waals surface area contributed by atoms with Gasteiger partial charge in [-0.15, -0.1) is 11.8 Å². The van der Waals surface area contributed by atoms with Gasteiger partial charge in [-0.05, 0) is 37.4 Å². The van der Waals surface area contributed by atoms with E-state index in [0.29, 0.717) is 12.1 Å². The van der Waals surface area contributed by atoms with Crippen LogP contribution in [-0.2, 0) is 0 Å². The molecule has 0 amide bonds. The van der Waals surface area contributed by atoms with Gasteiger partial charge in [0, 0.05) is 16.7 Å². The van der Waals surface area contributed by atoms with E-state index in [9.17, 15) is 0 Å². The van der Waals surface area contributed by atoms with Crippen LogP contribution in [0.5, 0.6) is 5.75 Å². The van der Waals surface area contributed by atoms with Crippen LogP contribution in [-0.4, -0.2) is 24.4 Å². The van der Waals surface area contributed by atoms with Crippen molar-refractivity contribution in [3.05, 3.63) is 24.3 Å². The minimum absolute atomic E-state index is 0.318. The van der Waals surface area contributed by atoms with E-state index in [-0.39, 0.29) is 0 Å². The molecule has 1 aromatic carbocycles. The third-order valence-electron chi connectivity index (χ3n) is 4.03. The third-order valence-corrected chi connectivity index (χ3v) is 5.17. The first-order valence-corrected chi connectivity index (χ1v) is 8.47. The maximum Gasteiger partial charge on any atom is 0.133 e. The number of fused-ring (bicyclic) bond motifs is 1. The Morgan fingerprint density at radius 3 is 3.00 bits per heavy atom. The Labute approximate surface area is 120 Å². The number of nitrogens with one attached hydrogen (secondary N) is 1. The molecule has 0 bridgehead atoms. The summed E-state index contributed by atoms with van der Waals surface area (Å²) >= 11 is 1.94. The van der Waals surface area contributed by atoms with Gasteiger partial charge in [0.05, 0.1) is 0 Å². The lowest BCUT2D eigenvalue weighted by Crippen LogP contribution is -2.45. The molecule has 2 atom stereocenters. The molecule has 1 aromatic rings. The maximum atomic E-state index is 6.22. The van der Waals surface area contributed by atoms with Crippen LogP contribution in [0.4, 0.5) is 0 Å². The van der Waals surface area contributed by atoms with Gasteiger partial charge in [-0.1, -0.05) is 31.9 Å². The number of ether oxygens (including phenoxy) is 1. The van der Waals surface area contributed by atoms with E-state index < -0.39 is 0 Å². The van der Waals surface area contributed by atoms with Gasteiger partial charge in [-0.25, -0.2) is 0 Å². The van der Waals surface area contributed by atoms with Crippen molar-refractivity contribution in [2.45, 2.75) is 49.6 Å². The van der Waals surface area contributed by atoms with Gasteiger partial charge in [-0.2, -0.15) is 0 Å². The molecule has 2 aliphatic rings. The smallest absolute Gasteiger partial charge is 0.133 e. The second-order valence-corrected chi connectivity index (χ2v) is 6.66. The molecule has 3 heteroatoms. The number of likely N-dealkylation sites (N-methyl/N-ethyl adjacent to an activating group) is 1. The highest BCUT2D eigenvalue weighted by Crippen LogP contribution is 2.38. The van der Waals surface area contributed by atoms with Crippen LogP contribution < -0.4 is 10.1 Å². The normalized spacial score (nSPS) is 23.5. The summed E-state index contributed by atoms with van der Waals surface area (Å²) in [5.74, 6) is 3.14. The van der Waals surface area contributed by atoms with E-state index in [1.807, 2.05) is 11.8 Å². The van der Waals surface area contributed by atoms with Crippen molar-refractivity contribution in [2.75, 3.05) is 12.3 Å². The Hall–Kier alpha value is -0.670. The SMILES string of the molecule is CCNC(CCC1CC1)C1CSc2ccccc2O1. The summed E-state index contributed by atoms with van der Waals surface area (Å²) in [5.41, 5.74) is 0. The van der Waals surface area contributed by atoms with Gasteiger partial charge < -0.3 is 10.1 Å². The molecule has 1 aliphatic carbocycles. The topological polar surface area (TPSA) is 21.3 Å². The molecule has 0 radical (unpaired) electrons. The standard InChI is InChI=1S/C16H23NOS/c1-2-17-13(10-9-12-7-8-12)15-11-19-16-6-4-3-5-14(16)18-15/h3-6,12-13,15,17H,2,7-11H2,1H3. The molecule has 0 spiro atoms. The number of hydrogen-bond donors (Lipinski definition) is 1. The fraction of sp³-hybridized carbons (Fsp3) is 0.625. The van der Waals surface area contributed by atoms with Crippen LogP contribution in [0.25, 0.3) is 0 Å². The van der Waals surface area contributed by atoms with E-state index in [1.54, 1.807) is 0 Å². The molecular formula is C16H23NOS. The third kappa shape index (κ3) is 3.46. The van der Waals surface area contributed by atoms with Gasteiger partial charge in [-0.3, -0.25) is 0 Å². The molecule has 0 saturated heterocycles. The monoisotopic (exact) mass is 277 g/mol. The lowest BCUT2D eigenvalue weighted by atomic mass is 10.0. The van der Waals surface area contributed by atoms with Gasteiger partial charge >= 0.3 is 0 Å². The number of benzene rings is 1. The fourth-order valence-corrected chi connectivity index (χ4v) is 3.81. The van der Waals surface area contributed by atoms with Crippen molar-refractivity contribution >= 4 is 11.8 Å². The molecule has 19 heavy (non-hydrogen) atoms. The van der Waals surface area contributed by atoms with Gasteiger partial charge in [0.25, 0.3) is 0 Å². The van der Waals surface area contributed by atoms with Crippen molar-refractivity contribution in [1.82, 2.24) is 5.32 Å². The molecule has 1 N–H and O–H groups in total. The van der Waals surface area contributed by atoms with Crippen molar-refractivity contribution < 1.29 is 4.74 Å². The first-order valence-electron chi connectivity index (χ1n) is 7.48. The Morgan fingerprint density at radius 1 is 1.37 bits per heavy atom. The minimum atomic E-state index is 0.318. The molecule has 1 fully saturated rings. The average Bonchev–Trinajstić information content (AvgIpc) is 3.27. The molecule has 1 saturated carbocycles. The zero-order valence-corrected chi connectivity index (χ0v) is 12.4. The van der Waals surface area contributed by atoms with Gasteiger partial charge in [0.1, 0.15) is 11.9 Å². The summed E-state index contributed by atoms with van der Waals surface area (Å²) in [5, 5.41) is 3.63. The molecule has 2 unspecified atom stereocenters. The van der Waals surface area contributed by atoms with E-state index in [2.05, 4.69) is 36.5 Å². The molecule has 104 valence electrons. The van der Waals surface area contributed by atoms with Crippen LogP contribution in [0.1, 0.15) is 32.6 Å². The summed E-state index contributed by atoms with van der Waals surface area (Å²) in [4.78, 5) is 1.29. The Bertz CT molecular complexity index is 419. The highest BCUT2D eigenvalue weighted by molar-refractivity contribution is 7.99. The van der Waals surface area contributed by atoms with E-state index >= 15 is 0 Å². The number of thioether (sulfide) groups is 1. The predicted octanol–water partition coefficient (Wildman–Crippen LogP) is 3.71. The molecular weight excluding hydrogens is 254 g/mol. The lowest BCUT2D eigenvalue weighted by molar-refractivity contribution is 0.159. The van der Waals surface area contributed by atoms with E-state index in [4.69, 9.17) is 4.74 Å². The highest BCUT2D eigenvalue weighted by atomic mass is 32.2. The first-order chi connectivity index (χ1) is 9.36. The Balaban J connectivity index is 1.62. The molecule has 1 aliphatic heterocycles. The second kappa shape index (κ2) is 6.19. The molecule has 3 rings (SSSR count). The Morgan fingerprint density at radius 2 is 2.21 bits per heavy atom. The molecule has 1 heterocycles.